The molecule has 0 atom stereocenters. The van der Waals surface area contributed by atoms with E-state index in [2.05, 4.69) is 15.4 Å². The third-order valence-electron chi connectivity index (χ3n) is 5.05. The van der Waals surface area contributed by atoms with Crippen molar-refractivity contribution in [3.63, 3.8) is 0 Å². The largest absolute Gasteiger partial charge is 0.349 e. The highest BCUT2D eigenvalue weighted by molar-refractivity contribution is 6.35. The van der Waals surface area contributed by atoms with Crippen molar-refractivity contribution in [2.24, 2.45) is 0 Å². The Hall–Kier alpha value is -3.64. The second-order valence-corrected chi connectivity index (χ2v) is 7.65. The molecule has 2 N–H and O–H groups in total. The number of carbonyl (C=O) groups excluding carboxylic acids is 1. The zero-order valence-corrected chi connectivity index (χ0v) is 17.2. The van der Waals surface area contributed by atoms with Crippen LogP contribution in [-0.4, -0.2) is 25.7 Å². The van der Waals surface area contributed by atoms with E-state index in [1.54, 1.807) is 16.8 Å². The molecule has 0 unspecified atom stereocenters. The molecule has 5 aromatic rings. The molecule has 1 amide bonds. The molecule has 0 bridgehead atoms. The molecule has 0 saturated carbocycles. The number of nitrogens with one attached hydrogen (secondary N) is 2. The molecule has 148 valence electrons. The van der Waals surface area contributed by atoms with Crippen LogP contribution in [0.15, 0.2) is 60.7 Å². The molecule has 6 nitrogen and oxygen atoms in total. The van der Waals surface area contributed by atoms with E-state index in [0.29, 0.717) is 22.4 Å². The average Bonchev–Trinajstić information content (AvgIpc) is 3.32. The van der Waals surface area contributed by atoms with Gasteiger partial charge in [-0.3, -0.25) is 4.79 Å². The second kappa shape index (κ2) is 7.00. The second-order valence-electron chi connectivity index (χ2n) is 7.24. The summed E-state index contributed by atoms with van der Waals surface area (Å²) >= 11 is 6.22. The van der Waals surface area contributed by atoms with Crippen molar-refractivity contribution in [3.8, 4) is 5.82 Å². The molecule has 0 aliphatic carbocycles. The maximum Gasteiger partial charge on any atom is 0.273 e. The van der Waals surface area contributed by atoms with Crippen molar-refractivity contribution >= 4 is 45.1 Å². The van der Waals surface area contributed by atoms with Crippen LogP contribution in [0.25, 0.3) is 27.6 Å². The van der Waals surface area contributed by atoms with E-state index in [4.69, 9.17) is 16.6 Å². The fraction of sp³-hybridized carbons (Fsp3) is 0.0870. The van der Waals surface area contributed by atoms with Crippen molar-refractivity contribution in [3.05, 3.63) is 82.6 Å². The number of aromatic amines is 1. The summed E-state index contributed by atoms with van der Waals surface area (Å²) in [7, 11) is 0. The van der Waals surface area contributed by atoms with Crippen LogP contribution < -0.4 is 5.32 Å². The molecule has 0 aliphatic heterocycles. The Labute approximate surface area is 177 Å². The number of pyridine rings is 1. The van der Waals surface area contributed by atoms with Crippen LogP contribution in [0.5, 0.6) is 0 Å². The Morgan fingerprint density at radius 3 is 2.73 bits per heavy atom. The first kappa shape index (κ1) is 18.4. The van der Waals surface area contributed by atoms with E-state index in [1.165, 1.54) is 0 Å². The van der Waals surface area contributed by atoms with Crippen molar-refractivity contribution in [1.82, 2.24) is 19.7 Å². The Balaban J connectivity index is 1.53. The smallest absolute Gasteiger partial charge is 0.273 e. The van der Waals surface area contributed by atoms with Gasteiger partial charge in [-0.05, 0) is 43.7 Å². The number of carbonyl (C=O) groups is 1. The number of aromatic nitrogens is 4. The predicted molar refractivity (Wildman–Crippen MR) is 120 cm³/mol. The number of H-pyrrole nitrogens is 1. The first-order valence-electron chi connectivity index (χ1n) is 9.51. The van der Waals surface area contributed by atoms with Gasteiger partial charge in [-0.15, -0.1) is 0 Å². The highest BCUT2D eigenvalue weighted by Crippen LogP contribution is 2.25. The Bertz CT molecular complexity index is 1430. The molecule has 2 aromatic carbocycles. The molecule has 5 rings (SSSR count). The summed E-state index contributed by atoms with van der Waals surface area (Å²) in [5.74, 6) is 0.916. The van der Waals surface area contributed by atoms with Crippen molar-refractivity contribution in [1.29, 1.82) is 0 Å². The minimum atomic E-state index is -0.277. The maximum atomic E-state index is 12.9. The summed E-state index contributed by atoms with van der Waals surface area (Å²) in [5, 5.41) is 10.0. The number of hydrogen-bond acceptors (Lipinski definition) is 3. The monoisotopic (exact) mass is 415 g/mol. The van der Waals surface area contributed by atoms with Crippen LogP contribution in [0.2, 0.25) is 5.02 Å². The van der Waals surface area contributed by atoms with Gasteiger partial charge in [0.2, 0.25) is 0 Å². The molecule has 3 heterocycles. The van der Waals surface area contributed by atoms with Crippen LogP contribution in [-0.2, 0) is 0 Å². The minimum Gasteiger partial charge on any atom is -0.349 e. The summed E-state index contributed by atoms with van der Waals surface area (Å²) in [6.07, 6.45) is 0. The van der Waals surface area contributed by atoms with Gasteiger partial charge in [-0.25, -0.2) is 4.98 Å². The fourth-order valence-electron chi connectivity index (χ4n) is 3.63. The molecule has 0 saturated heterocycles. The van der Waals surface area contributed by atoms with Gasteiger partial charge in [0.15, 0.2) is 5.82 Å². The van der Waals surface area contributed by atoms with E-state index in [-0.39, 0.29) is 5.91 Å². The van der Waals surface area contributed by atoms with E-state index in [0.717, 1.165) is 33.1 Å². The molecule has 7 heteroatoms. The number of aryl methyl sites for hydroxylation is 2. The lowest BCUT2D eigenvalue weighted by Gasteiger charge is -2.10. The molecule has 0 aliphatic rings. The number of benzene rings is 2. The zero-order chi connectivity index (χ0) is 20.8. The number of fused-ring (bicyclic) bond motifs is 2. The summed E-state index contributed by atoms with van der Waals surface area (Å²) < 4.78 is 1.66. The molecular formula is C23H18ClN5O. The summed E-state index contributed by atoms with van der Waals surface area (Å²) in [4.78, 5) is 20.7. The quantitative estimate of drug-likeness (QED) is 0.413. The SMILES string of the molecule is Cc1cc(NC(=O)c2cc3cccc(Cl)c3[nH]2)n(-c2cc(C)c3ccccc3n2)n1. The first-order valence-corrected chi connectivity index (χ1v) is 9.89. The van der Waals surface area contributed by atoms with Crippen LogP contribution >= 0.6 is 11.6 Å². The van der Waals surface area contributed by atoms with Crippen LogP contribution in [0, 0.1) is 13.8 Å². The van der Waals surface area contributed by atoms with Gasteiger partial charge < -0.3 is 10.3 Å². The van der Waals surface area contributed by atoms with E-state index in [9.17, 15) is 4.79 Å². The number of amides is 1. The van der Waals surface area contributed by atoms with E-state index in [1.807, 2.05) is 62.4 Å². The minimum absolute atomic E-state index is 0.277. The van der Waals surface area contributed by atoms with Gasteiger partial charge in [0.1, 0.15) is 11.5 Å². The third-order valence-corrected chi connectivity index (χ3v) is 5.36. The lowest BCUT2D eigenvalue weighted by atomic mass is 10.1. The highest BCUT2D eigenvalue weighted by Gasteiger charge is 2.16. The van der Waals surface area contributed by atoms with Gasteiger partial charge in [0.25, 0.3) is 5.91 Å². The summed E-state index contributed by atoms with van der Waals surface area (Å²) in [6.45, 7) is 3.92. The van der Waals surface area contributed by atoms with Gasteiger partial charge in [-0.1, -0.05) is 41.9 Å². The average molecular weight is 416 g/mol. The molecule has 3 aromatic heterocycles. The van der Waals surface area contributed by atoms with Crippen molar-refractivity contribution in [2.75, 3.05) is 5.32 Å². The molecular weight excluding hydrogens is 398 g/mol. The Kier molecular flexibility index (Phi) is 4.29. The predicted octanol–water partition coefficient (Wildman–Crippen LogP) is 5.42. The zero-order valence-electron chi connectivity index (χ0n) is 16.4. The van der Waals surface area contributed by atoms with E-state index >= 15 is 0 Å². The van der Waals surface area contributed by atoms with Crippen LogP contribution in [0.3, 0.4) is 0 Å². The number of hydrogen-bond donors (Lipinski definition) is 2. The lowest BCUT2D eigenvalue weighted by Crippen LogP contribution is -2.16. The molecule has 0 radical (unpaired) electrons. The number of nitrogens with zero attached hydrogens (tertiary/aromatic N) is 3. The first-order chi connectivity index (χ1) is 14.5. The molecule has 0 fully saturated rings. The lowest BCUT2D eigenvalue weighted by molar-refractivity contribution is 0.102. The third kappa shape index (κ3) is 3.11. The number of anilines is 1. The van der Waals surface area contributed by atoms with Gasteiger partial charge >= 0.3 is 0 Å². The standard InChI is InChI=1S/C23H18ClN5O/c1-13-10-20(25-18-9-4-3-7-16(13)18)29-21(11-14(2)28-29)27-23(30)19-12-15-6-5-8-17(24)22(15)26-19/h3-12,26H,1-2H3,(H,27,30). The van der Waals surface area contributed by atoms with Gasteiger partial charge in [-0.2, -0.15) is 9.78 Å². The Morgan fingerprint density at radius 2 is 1.90 bits per heavy atom. The number of rotatable bonds is 3. The molecule has 30 heavy (non-hydrogen) atoms. The van der Waals surface area contributed by atoms with Crippen molar-refractivity contribution in [2.45, 2.75) is 13.8 Å². The van der Waals surface area contributed by atoms with Gasteiger partial charge in [0.05, 0.1) is 21.7 Å². The fourth-order valence-corrected chi connectivity index (χ4v) is 3.86. The topological polar surface area (TPSA) is 75.6 Å². The van der Waals surface area contributed by atoms with E-state index < -0.39 is 0 Å². The number of halogens is 1. The summed E-state index contributed by atoms with van der Waals surface area (Å²) in [5.41, 5.74) is 3.90. The molecule has 0 spiro atoms. The van der Waals surface area contributed by atoms with Crippen LogP contribution in [0.1, 0.15) is 21.7 Å². The highest BCUT2D eigenvalue weighted by atomic mass is 35.5. The normalized spacial score (nSPS) is 11.3. The number of para-hydroxylation sites is 2. The summed E-state index contributed by atoms with van der Waals surface area (Å²) in [6, 6.07) is 19.1. The van der Waals surface area contributed by atoms with Crippen molar-refractivity contribution < 1.29 is 4.79 Å². The Morgan fingerprint density at radius 1 is 1.07 bits per heavy atom. The maximum absolute atomic E-state index is 12.9. The van der Waals surface area contributed by atoms with Gasteiger partial charge in [0, 0.05) is 16.8 Å². The van der Waals surface area contributed by atoms with Crippen LogP contribution in [0.4, 0.5) is 5.82 Å².